The minimum absolute atomic E-state index is 0.00769. The van der Waals surface area contributed by atoms with Crippen LogP contribution in [0.4, 0.5) is 14.5 Å². The van der Waals surface area contributed by atoms with Gasteiger partial charge in [0.2, 0.25) is 21.8 Å². The van der Waals surface area contributed by atoms with Gasteiger partial charge in [0.05, 0.1) is 11.9 Å². The number of sulfonamides is 1. The van der Waals surface area contributed by atoms with Crippen LogP contribution < -0.4 is 9.62 Å². The minimum Gasteiger partial charge on any atom is -0.354 e. The number of hydrogen-bond acceptors (Lipinski definition) is 4. The molecule has 0 aromatic heterocycles. The third-order valence-corrected chi connectivity index (χ3v) is 6.53. The molecule has 0 aliphatic rings. The van der Waals surface area contributed by atoms with E-state index in [0.29, 0.717) is 27.5 Å². The average Bonchev–Trinajstić information content (AvgIpc) is 2.77. The van der Waals surface area contributed by atoms with Crippen LogP contribution in [0.2, 0.25) is 5.02 Å². The molecular formula is C23H28ClF2N3O4S. The van der Waals surface area contributed by atoms with Gasteiger partial charge in [0, 0.05) is 24.2 Å². The van der Waals surface area contributed by atoms with Gasteiger partial charge in [-0.25, -0.2) is 17.2 Å². The van der Waals surface area contributed by atoms with Gasteiger partial charge in [0.1, 0.15) is 12.6 Å². The summed E-state index contributed by atoms with van der Waals surface area (Å²) in [5.41, 5.74) is 0.464. The number of benzene rings is 2. The first-order valence-corrected chi connectivity index (χ1v) is 12.9. The zero-order valence-corrected chi connectivity index (χ0v) is 20.8. The van der Waals surface area contributed by atoms with E-state index in [1.807, 2.05) is 6.92 Å². The fourth-order valence-corrected chi connectivity index (χ4v) is 4.13. The van der Waals surface area contributed by atoms with Crippen molar-refractivity contribution in [3.63, 3.8) is 0 Å². The molecule has 0 radical (unpaired) electrons. The second-order valence-electron chi connectivity index (χ2n) is 7.84. The molecular weight excluding hydrogens is 488 g/mol. The summed E-state index contributed by atoms with van der Waals surface area (Å²) >= 11 is 5.93. The summed E-state index contributed by atoms with van der Waals surface area (Å²) < 4.78 is 52.6. The van der Waals surface area contributed by atoms with Gasteiger partial charge < -0.3 is 10.2 Å². The molecule has 2 amide bonds. The fourth-order valence-electron chi connectivity index (χ4n) is 3.16. The van der Waals surface area contributed by atoms with E-state index in [1.54, 1.807) is 24.3 Å². The fraction of sp³-hybridized carbons (Fsp3) is 0.391. The molecule has 0 heterocycles. The molecule has 34 heavy (non-hydrogen) atoms. The molecule has 186 valence electrons. The summed E-state index contributed by atoms with van der Waals surface area (Å²) in [4.78, 5) is 27.3. The normalized spacial score (nSPS) is 12.2. The third kappa shape index (κ3) is 7.66. The summed E-state index contributed by atoms with van der Waals surface area (Å²) in [7, 11) is -4.04. The van der Waals surface area contributed by atoms with Gasteiger partial charge in [-0.3, -0.25) is 13.9 Å². The lowest BCUT2D eigenvalue weighted by atomic mass is 10.1. The molecule has 0 saturated carbocycles. The molecule has 2 aromatic carbocycles. The van der Waals surface area contributed by atoms with E-state index in [9.17, 15) is 26.8 Å². The van der Waals surface area contributed by atoms with Crippen molar-refractivity contribution >= 4 is 39.1 Å². The molecule has 0 bridgehead atoms. The van der Waals surface area contributed by atoms with Crippen molar-refractivity contribution in [2.45, 2.75) is 39.3 Å². The van der Waals surface area contributed by atoms with Crippen molar-refractivity contribution in [2.24, 2.45) is 0 Å². The summed E-state index contributed by atoms with van der Waals surface area (Å²) in [6.45, 7) is 3.26. The number of amides is 2. The average molecular weight is 516 g/mol. The molecule has 0 aliphatic heterocycles. The van der Waals surface area contributed by atoms with Crippen molar-refractivity contribution in [1.29, 1.82) is 0 Å². The highest BCUT2D eigenvalue weighted by Crippen LogP contribution is 2.22. The highest BCUT2D eigenvalue weighted by atomic mass is 35.5. The van der Waals surface area contributed by atoms with Crippen LogP contribution in [0.1, 0.15) is 32.3 Å². The minimum atomic E-state index is -4.04. The zero-order chi connectivity index (χ0) is 25.5. The Morgan fingerprint density at radius 2 is 1.74 bits per heavy atom. The van der Waals surface area contributed by atoms with Crippen LogP contribution >= 0.6 is 11.6 Å². The standard InChI is InChI=1S/C23H28ClF2N3O4S/c1-4-5-12-27-23(31)16(2)28(14-17-6-8-18(24)9-7-17)22(30)15-29(34(3,32)33)19-10-11-20(25)21(26)13-19/h6-11,13,16H,4-5,12,14-15H2,1-3H3,(H,27,31). The van der Waals surface area contributed by atoms with Gasteiger partial charge in [0.25, 0.3) is 0 Å². The Labute approximate surface area is 203 Å². The number of unbranched alkanes of at least 4 members (excludes halogenated alkanes) is 1. The lowest BCUT2D eigenvalue weighted by molar-refractivity contribution is -0.139. The van der Waals surface area contributed by atoms with E-state index in [2.05, 4.69) is 5.32 Å². The van der Waals surface area contributed by atoms with E-state index < -0.39 is 46.1 Å². The van der Waals surface area contributed by atoms with E-state index in [1.165, 1.54) is 11.8 Å². The van der Waals surface area contributed by atoms with Crippen LogP contribution in [0, 0.1) is 11.6 Å². The van der Waals surface area contributed by atoms with E-state index in [4.69, 9.17) is 11.6 Å². The highest BCUT2D eigenvalue weighted by molar-refractivity contribution is 7.92. The highest BCUT2D eigenvalue weighted by Gasteiger charge is 2.30. The second kappa shape index (κ2) is 12.1. The predicted octanol–water partition coefficient (Wildman–Crippen LogP) is 3.72. The summed E-state index contributed by atoms with van der Waals surface area (Å²) in [5, 5.41) is 3.26. The van der Waals surface area contributed by atoms with Gasteiger partial charge in [-0.15, -0.1) is 0 Å². The SMILES string of the molecule is CCCCNC(=O)C(C)N(Cc1ccc(Cl)cc1)C(=O)CN(c1ccc(F)c(F)c1)S(C)(=O)=O. The van der Waals surface area contributed by atoms with E-state index >= 15 is 0 Å². The molecule has 0 saturated heterocycles. The zero-order valence-electron chi connectivity index (χ0n) is 19.2. The van der Waals surface area contributed by atoms with Gasteiger partial charge in [-0.2, -0.15) is 0 Å². The number of anilines is 1. The Morgan fingerprint density at radius 1 is 1.09 bits per heavy atom. The summed E-state index contributed by atoms with van der Waals surface area (Å²) in [6.07, 6.45) is 2.49. The van der Waals surface area contributed by atoms with Crippen molar-refractivity contribution in [2.75, 3.05) is 23.7 Å². The Bertz CT molecular complexity index is 1110. The van der Waals surface area contributed by atoms with Crippen molar-refractivity contribution < 1.29 is 26.8 Å². The first kappa shape index (κ1) is 27.5. The number of nitrogens with one attached hydrogen (secondary N) is 1. The Balaban J connectivity index is 2.35. The summed E-state index contributed by atoms with van der Waals surface area (Å²) in [5.74, 6) is -3.48. The molecule has 2 aromatic rings. The maximum atomic E-state index is 13.8. The van der Waals surface area contributed by atoms with Gasteiger partial charge >= 0.3 is 0 Å². The van der Waals surface area contributed by atoms with Crippen molar-refractivity contribution in [3.8, 4) is 0 Å². The Morgan fingerprint density at radius 3 is 2.29 bits per heavy atom. The van der Waals surface area contributed by atoms with E-state index in [0.717, 1.165) is 31.2 Å². The van der Waals surface area contributed by atoms with Crippen LogP contribution in [0.15, 0.2) is 42.5 Å². The molecule has 1 atom stereocenters. The maximum Gasteiger partial charge on any atom is 0.244 e. The molecule has 0 spiro atoms. The van der Waals surface area contributed by atoms with E-state index in [-0.39, 0.29) is 12.2 Å². The second-order valence-corrected chi connectivity index (χ2v) is 10.2. The van der Waals surface area contributed by atoms with Crippen LogP contribution in [0.25, 0.3) is 0 Å². The Hall–Kier alpha value is -2.72. The van der Waals surface area contributed by atoms with Crippen LogP contribution in [0.3, 0.4) is 0 Å². The predicted molar refractivity (Wildman–Crippen MR) is 128 cm³/mol. The van der Waals surface area contributed by atoms with Crippen molar-refractivity contribution in [1.82, 2.24) is 10.2 Å². The number of carbonyl (C=O) groups excluding carboxylic acids is 2. The lowest BCUT2D eigenvalue weighted by Gasteiger charge is -2.31. The van der Waals surface area contributed by atoms with Gasteiger partial charge in [-0.05, 0) is 43.2 Å². The van der Waals surface area contributed by atoms with Crippen LogP contribution in [0.5, 0.6) is 0 Å². The smallest absolute Gasteiger partial charge is 0.244 e. The number of halogens is 3. The van der Waals surface area contributed by atoms with Crippen LogP contribution in [-0.4, -0.2) is 50.5 Å². The molecule has 0 aliphatic carbocycles. The first-order chi connectivity index (χ1) is 15.9. The van der Waals surface area contributed by atoms with Crippen LogP contribution in [-0.2, 0) is 26.2 Å². The topological polar surface area (TPSA) is 86.8 Å². The molecule has 11 heteroatoms. The number of rotatable bonds is 11. The van der Waals surface area contributed by atoms with Crippen molar-refractivity contribution in [3.05, 3.63) is 64.7 Å². The number of hydrogen-bond donors (Lipinski definition) is 1. The first-order valence-electron chi connectivity index (χ1n) is 10.7. The molecule has 7 nitrogen and oxygen atoms in total. The van der Waals surface area contributed by atoms with Gasteiger partial charge in [-0.1, -0.05) is 37.1 Å². The number of nitrogens with zero attached hydrogens (tertiary/aromatic N) is 2. The summed E-state index contributed by atoms with van der Waals surface area (Å²) in [6, 6.07) is 8.27. The third-order valence-electron chi connectivity index (χ3n) is 5.13. The Kier molecular flexibility index (Phi) is 9.81. The lowest BCUT2D eigenvalue weighted by Crippen LogP contribution is -2.51. The maximum absolute atomic E-state index is 13.8. The largest absolute Gasteiger partial charge is 0.354 e. The molecule has 0 fully saturated rings. The molecule has 1 N–H and O–H groups in total. The molecule has 1 unspecified atom stereocenters. The monoisotopic (exact) mass is 515 g/mol. The van der Waals surface area contributed by atoms with Gasteiger partial charge in [0.15, 0.2) is 11.6 Å². The quantitative estimate of drug-likeness (QED) is 0.462. The molecule has 2 rings (SSSR count). The number of carbonyl (C=O) groups is 2.